The molecule has 0 fully saturated rings. The highest BCUT2D eigenvalue weighted by Gasteiger charge is 2.00. The first kappa shape index (κ1) is 7.85. The van der Waals surface area contributed by atoms with Gasteiger partial charge >= 0.3 is 0 Å². The van der Waals surface area contributed by atoms with E-state index in [1.807, 2.05) is 18.0 Å². The second kappa shape index (κ2) is 3.23. The predicted octanol–water partition coefficient (Wildman–Crippen LogP) is 1.71. The van der Waals surface area contributed by atoms with Gasteiger partial charge in [0.25, 0.3) is 0 Å². The summed E-state index contributed by atoms with van der Waals surface area (Å²) in [4.78, 5) is 1.85. The van der Waals surface area contributed by atoms with Crippen molar-refractivity contribution in [2.75, 3.05) is 7.05 Å². The van der Waals surface area contributed by atoms with E-state index in [9.17, 15) is 0 Å². The van der Waals surface area contributed by atoms with E-state index < -0.39 is 0 Å². The first-order valence-corrected chi connectivity index (χ1v) is 3.47. The molecule has 0 saturated carbocycles. The highest BCUT2D eigenvalue weighted by atomic mass is 16.3. The third-order valence-corrected chi connectivity index (χ3v) is 1.57. The number of hydrogen-bond donors (Lipinski definition) is 1. The molecule has 1 heterocycles. The van der Waals surface area contributed by atoms with Gasteiger partial charge in [-0.05, 0) is 13.0 Å². The van der Waals surface area contributed by atoms with Crippen LogP contribution >= 0.6 is 0 Å². The van der Waals surface area contributed by atoms with Crippen molar-refractivity contribution in [2.24, 2.45) is 0 Å². The fourth-order valence-corrected chi connectivity index (χ4v) is 0.775. The zero-order chi connectivity index (χ0) is 8.27. The molecular weight excluding hydrogens is 140 g/mol. The van der Waals surface area contributed by atoms with Gasteiger partial charge in [-0.1, -0.05) is 0 Å². The van der Waals surface area contributed by atoms with Crippen molar-refractivity contribution >= 4 is 5.84 Å². The molecule has 1 N–H and O–H groups in total. The van der Waals surface area contributed by atoms with E-state index in [2.05, 4.69) is 0 Å². The van der Waals surface area contributed by atoms with Gasteiger partial charge in [-0.2, -0.15) is 0 Å². The van der Waals surface area contributed by atoms with Crippen LogP contribution in [-0.2, 0) is 6.54 Å². The highest BCUT2D eigenvalue weighted by molar-refractivity contribution is 5.75. The van der Waals surface area contributed by atoms with E-state index in [0.29, 0.717) is 5.84 Å². The summed E-state index contributed by atoms with van der Waals surface area (Å²) in [5.41, 5.74) is 1.10. The smallest absolute Gasteiger partial charge is 0.0952 e. The average molecular weight is 152 g/mol. The molecule has 11 heavy (non-hydrogen) atoms. The molecule has 60 valence electrons. The quantitative estimate of drug-likeness (QED) is 0.517. The maximum atomic E-state index is 7.30. The van der Waals surface area contributed by atoms with Crippen LogP contribution in [0, 0.1) is 5.41 Å². The molecule has 0 amide bonds. The van der Waals surface area contributed by atoms with Crippen molar-refractivity contribution in [3.63, 3.8) is 0 Å². The summed E-state index contributed by atoms with van der Waals surface area (Å²) in [5.74, 6) is 0.561. The molecule has 0 saturated heterocycles. The van der Waals surface area contributed by atoms with E-state index in [1.54, 1.807) is 19.5 Å². The molecule has 1 aromatic heterocycles. The first-order chi connectivity index (χ1) is 5.20. The lowest BCUT2D eigenvalue weighted by molar-refractivity contribution is 0.486. The van der Waals surface area contributed by atoms with Gasteiger partial charge in [-0.15, -0.1) is 0 Å². The average Bonchev–Trinajstić information content (AvgIpc) is 2.39. The van der Waals surface area contributed by atoms with Gasteiger partial charge in [0, 0.05) is 19.2 Å². The number of nitrogens with zero attached hydrogens (tertiary/aromatic N) is 1. The molecule has 0 radical (unpaired) electrons. The first-order valence-electron chi connectivity index (χ1n) is 3.47. The van der Waals surface area contributed by atoms with Crippen LogP contribution in [-0.4, -0.2) is 17.8 Å². The Morgan fingerprint density at radius 2 is 2.45 bits per heavy atom. The maximum Gasteiger partial charge on any atom is 0.0952 e. The third kappa shape index (κ3) is 2.11. The van der Waals surface area contributed by atoms with Crippen molar-refractivity contribution in [3.8, 4) is 0 Å². The number of hydrogen-bond acceptors (Lipinski definition) is 2. The molecule has 0 spiro atoms. The van der Waals surface area contributed by atoms with Crippen LogP contribution in [0.4, 0.5) is 0 Å². The highest BCUT2D eigenvalue weighted by Crippen LogP contribution is 2.03. The summed E-state index contributed by atoms with van der Waals surface area (Å²) in [5, 5.41) is 7.30. The van der Waals surface area contributed by atoms with Crippen LogP contribution in [0.25, 0.3) is 0 Å². The van der Waals surface area contributed by atoms with Gasteiger partial charge in [0.2, 0.25) is 0 Å². The SMILES string of the molecule is CC(=N)N(C)Cc1ccoc1. The largest absolute Gasteiger partial charge is 0.472 e. The number of nitrogens with one attached hydrogen (secondary N) is 1. The molecular formula is C8H12N2O. The summed E-state index contributed by atoms with van der Waals surface area (Å²) in [6.07, 6.45) is 3.34. The third-order valence-electron chi connectivity index (χ3n) is 1.57. The van der Waals surface area contributed by atoms with E-state index in [1.165, 1.54) is 0 Å². The van der Waals surface area contributed by atoms with Crippen molar-refractivity contribution in [2.45, 2.75) is 13.5 Å². The molecule has 0 aromatic carbocycles. The molecule has 0 aliphatic heterocycles. The minimum absolute atomic E-state index is 0.561. The second-order valence-electron chi connectivity index (χ2n) is 2.57. The topological polar surface area (TPSA) is 40.2 Å². The summed E-state index contributed by atoms with van der Waals surface area (Å²) >= 11 is 0. The summed E-state index contributed by atoms with van der Waals surface area (Å²) in [6, 6.07) is 1.90. The molecule has 3 nitrogen and oxygen atoms in total. The number of rotatable bonds is 2. The normalized spacial score (nSPS) is 9.64. The predicted molar refractivity (Wildman–Crippen MR) is 43.6 cm³/mol. The molecule has 1 rings (SSSR count). The van der Waals surface area contributed by atoms with Crippen LogP contribution in [0.15, 0.2) is 23.0 Å². The van der Waals surface area contributed by atoms with Gasteiger partial charge in [-0.3, -0.25) is 5.41 Å². The van der Waals surface area contributed by atoms with E-state index in [0.717, 1.165) is 12.1 Å². The summed E-state index contributed by atoms with van der Waals surface area (Å²) in [7, 11) is 1.88. The van der Waals surface area contributed by atoms with Gasteiger partial charge in [-0.25, -0.2) is 0 Å². The van der Waals surface area contributed by atoms with Crippen molar-refractivity contribution in [1.82, 2.24) is 4.90 Å². The molecule has 1 aromatic rings. The Labute approximate surface area is 66.1 Å². The number of amidine groups is 1. The molecule has 3 heteroatoms. The summed E-state index contributed by atoms with van der Waals surface area (Å²) < 4.78 is 4.90. The fourth-order valence-electron chi connectivity index (χ4n) is 0.775. The van der Waals surface area contributed by atoms with Crippen molar-refractivity contribution < 1.29 is 4.42 Å². The van der Waals surface area contributed by atoms with Crippen LogP contribution < -0.4 is 0 Å². The molecule has 0 atom stereocenters. The van der Waals surface area contributed by atoms with Crippen molar-refractivity contribution in [3.05, 3.63) is 24.2 Å². The van der Waals surface area contributed by atoms with E-state index in [4.69, 9.17) is 9.83 Å². The number of furan rings is 1. The van der Waals surface area contributed by atoms with Gasteiger partial charge < -0.3 is 9.32 Å². The lowest BCUT2D eigenvalue weighted by Crippen LogP contribution is -2.22. The minimum Gasteiger partial charge on any atom is -0.472 e. The molecule has 0 aliphatic carbocycles. The zero-order valence-corrected chi connectivity index (χ0v) is 6.79. The van der Waals surface area contributed by atoms with Gasteiger partial charge in [0.05, 0.1) is 18.4 Å². The Balaban J connectivity index is 2.50. The molecule has 0 bridgehead atoms. The van der Waals surface area contributed by atoms with Gasteiger partial charge in [0.1, 0.15) is 0 Å². The Kier molecular flexibility index (Phi) is 2.31. The van der Waals surface area contributed by atoms with Crippen molar-refractivity contribution in [1.29, 1.82) is 5.41 Å². The lowest BCUT2D eigenvalue weighted by atomic mass is 10.3. The zero-order valence-electron chi connectivity index (χ0n) is 6.79. The minimum atomic E-state index is 0.561. The Bertz CT molecular complexity index is 228. The van der Waals surface area contributed by atoms with Gasteiger partial charge in [0.15, 0.2) is 0 Å². The Morgan fingerprint density at radius 1 is 1.73 bits per heavy atom. The lowest BCUT2D eigenvalue weighted by Gasteiger charge is -2.15. The molecule has 0 aliphatic rings. The van der Waals surface area contributed by atoms with E-state index in [-0.39, 0.29) is 0 Å². The monoisotopic (exact) mass is 152 g/mol. The Hall–Kier alpha value is -1.25. The fraction of sp³-hybridized carbons (Fsp3) is 0.375. The van der Waals surface area contributed by atoms with Crippen LogP contribution in [0.3, 0.4) is 0 Å². The second-order valence-corrected chi connectivity index (χ2v) is 2.57. The van der Waals surface area contributed by atoms with E-state index >= 15 is 0 Å². The van der Waals surface area contributed by atoms with Crippen LogP contribution in [0.2, 0.25) is 0 Å². The van der Waals surface area contributed by atoms with Crippen LogP contribution in [0.5, 0.6) is 0 Å². The standard InChI is InChI=1S/C8H12N2O/c1-7(9)10(2)5-8-3-4-11-6-8/h3-4,6,9H,5H2,1-2H3. The molecule has 0 unspecified atom stereocenters. The maximum absolute atomic E-state index is 7.30. The summed E-state index contributed by atoms with van der Waals surface area (Å²) in [6.45, 7) is 2.51. The Morgan fingerprint density at radius 3 is 2.91 bits per heavy atom. The van der Waals surface area contributed by atoms with Crippen LogP contribution in [0.1, 0.15) is 12.5 Å².